The van der Waals surface area contributed by atoms with Crippen molar-refractivity contribution in [3.05, 3.63) is 23.3 Å². The second kappa shape index (κ2) is 10.8. The molecule has 2 heterocycles. The largest absolute Gasteiger partial charge is 0.493 e. The summed E-state index contributed by atoms with van der Waals surface area (Å²) in [5.74, 6) is 1.78. The van der Waals surface area contributed by atoms with Crippen LogP contribution in [-0.4, -0.2) is 67.8 Å². The molecule has 0 aliphatic carbocycles. The number of alkyl carbamates (subject to hydrolysis) is 1. The number of alkyl halides is 1. The SMILES string of the molecule is COc1cc2c(cc1OC)C1CC(NC(=O)OC(C)(C)C)C(NC(=O)CCCCl)CN1CC2. The fourth-order valence-corrected chi connectivity index (χ4v) is 4.76. The summed E-state index contributed by atoms with van der Waals surface area (Å²) in [5, 5.41) is 6.13. The molecule has 1 aromatic rings. The van der Waals surface area contributed by atoms with Gasteiger partial charge in [0.05, 0.1) is 26.3 Å². The maximum absolute atomic E-state index is 12.6. The fraction of sp³-hybridized carbons (Fsp3) is 0.667. The van der Waals surface area contributed by atoms with Gasteiger partial charge >= 0.3 is 6.09 Å². The van der Waals surface area contributed by atoms with E-state index < -0.39 is 11.7 Å². The third-order valence-electron chi connectivity index (χ3n) is 6.09. The normalized spacial score (nSPS) is 22.5. The molecule has 1 fully saturated rings. The van der Waals surface area contributed by atoms with Crippen molar-refractivity contribution in [2.75, 3.05) is 33.2 Å². The summed E-state index contributed by atoms with van der Waals surface area (Å²) in [6.07, 6.45) is 2.02. The Morgan fingerprint density at radius 2 is 1.82 bits per heavy atom. The molecule has 2 aliphatic heterocycles. The maximum Gasteiger partial charge on any atom is 0.407 e. The van der Waals surface area contributed by atoms with Gasteiger partial charge in [-0.1, -0.05) is 0 Å². The van der Waals surface area contributed by atoms with Gasteiger partial charge < -0.3 is 24.8 Å². The molecule has 2 aliphatic rings. The number of nitrogens with one attached hydrogen (secondary N) is 2. The van der Waals surface area contributed by atoms with Crippen molar-refractivity contribution in [3.8, 4) is 11.5 Å². The molecular formula is C24H36ClN3O5. The smallest absolute Gasteiger partial charge is 0.407 e. The van der Waals surface area contributed by atoms with Crippen LogP contribution in [0.3, 0.4) is 0 Å². The van der Waals surface area contributed by atoms with E-state index in [1.165, 1.54) is 11.1 Å². The number of rotatable bonds is 7. The lowest BCUT2D eigenvalue weighted by Crippen LogP contribution is -2.62. The molecule has 3 unspecified atom stereocenters. The number of methoxy groups -OCH3 is 2. The van der Waals surface area contributed by atoms with Gasteiger partial charge in [0.2, 0.25) is 5.91 Å². The van der Waals surface area contributed by atoms with Gasteiger partial charge in [0, 0.05) is 31.4 Å². The third-order valence-corrected chi connectivity index (χ3v) is 6.36. The van der Waals surface area contributed by atoms with Crippen LogP contribution >= 0.6 is 11.6 Å². The van der Waals surface area contributed by atoms with E-state index in [0.717, 1.165) is 13.0 Å². The number of benzene rings is 1. The van der Waals surface area contributed by atoms with E-state index in [1.54, 1.807) is 14.2 Å². The number of carbonyl (C=O) groups is 2. The maximum atomic E-state index is 12.6. The second-order valence-corrected chi connectivity index (χ2v) is 10.00. The summed E-state index contributed by atoms with van der Waals surface area (Å²) in [5.41, 5.74) is 1.78. The number of hydrogen-bond donors (Lipinski definition) is 2. The van der Waals surface area contributed by atoms with E-state index in [2.05, 4.69) is 15.5 Å². The van der Waals surface area contributed by atoms with Gasteiger partial charge in [0.25, 0.3) is 0 Å². The van der Waals surface area contributed by atoms with Crippen LogP contribution in [0.2, 0.25) is 0 Å². The van der Waals surface area contributed by atoms with Crippen LogP contribution in [0, 0.1) is 0 Å². The van der Waals surface area contributed by atoms with E-state index in [4.69, 9.17) is 25.8 Å². The van der Waals surface area contributed by atoms with Crippen LogP contribution in [0.25, 0.3) is 0 Å². The summed E-state index contributed by atoms with van der Waals surface area (Å²) in [7, 11) is 3.27. The van der Waals surface area contributed by atoms with E-state index in [0.29, 0.717) is 43.2 Å². The highest BCUT2D eigenvalue weighted by molar-refractivity contribution is 6.17. The van der Waals surface area contributed by atoms with E-state index in [-0.39, 0.29) is 24.0 Å². The van der Waals surface area contributed by atoms with Gasteiger partial charge in [-0.3, -0.25) is 9.69 Å². The number of piperidine rings is 1. The molecule has 1 aromatic carbocycles. The van der Waals surface area contributed by atoms with Crippen LogP contribution in [0.1, 0.15) is 57.2 Å². The van der Waals surface area contributed by atoms with Crippen molar-refractivity contribution in [3.63, 3.8) is 0 Å². The zero-order valence-corrected chi connectivity index (χ0v) is 21.0. The van der Waals surface area contributed by atoms with Crippen LogP contribution in [0.15, 0.2) is 12.1 Å². The van der Waals surface area contributed by atoms with Crippen molar-refractivity contribution >= 4 is 23.6 Å². The molecule has 0 bridgehead atoms. The Kier molecular flexibility index (Phi) is 8.34. The quantitative estimate of drug-likeness (QED) is 0.580. The second-order valence-electron chi connectivity index (χ2n) is 9.62. The molecule has 3 rings (SSSR count). The number of fused-ring (bicyclic) bond motifs is 3. The molecule has 0 aromatic heterocycles. The first-order valence-electron chi connectivity index (χ1n) is 11.5. The molecule has 9 heteroatoms. The molecule has 8 nitrogen and oxygen atoms in total. The topological polar surface area (TPSA) is 89.1 Å². The number of nitrogens with zero attached hydrogens (tertiary/aromatic N) is 1. The molecule has 0 radical (unpaired) electrons. The average molecular weight is 482 g/mol. The van der Waals surface area contributed by atoms with Crippen molar-refractivity contribution in [1.82, 2.24) is 15.5 Å². The van der Waals surface area contributed by atoms with Gasteiger partial charge in [-0.15, -0.1) is 11.6 Å². The first kappa shape index (κ1) is 25.4. The first-order chi connectivity index (χ1) is 15.6. The Labute approximate surface area is 201 Å². The highest BCUT2D eigenvalue weighted by atomic mass is 35.5. The summed E-state index contributed by atoms with van der Waals surface area (Å²) >= 11 is 5.75. The van der Waals surface area contributed by atoms with Crippen molar-refractivity contribution in [1.29, 1.82) is 0 Å². The van der Waals surface area contributed by atoms with Gasteiger partial charge in [0.15, 0.2) is 11.5 Å². The van der Waals surface area contributed by atoms with Crippen LogP contribution in [-0.2, 0) is 16.0 Å². The standard InChI is InChI=1S/C24H36ClN3O5/c1-24(2,3)33-23(30)27-17-13-19-16-12-21(32-5)20(31-4)11-15(16)8-10-28(19)14-18(17)26-22(29)7-6-9-25/h11-12,17-19H,6-10,13-14H2,1-5H3,(H,26,29)(H,27,30). The molecule has 2 N–H and O–H groups in total. The van der Waals surface area contributed by atoms with E-state index in [1.807, 2.05) is 32.9 Å². The molecule has 1 saturated heterocycles. The molecule has 33 heavy (non-hydrogen) atoms. The van der Waals surface area contributed by atoms with Gasteiger partial charge in [-0.2, -0.15) is 0 Å². The van der Waals surface area contributed by atoms with Crippen LogP contribution < -0.4 is 20.1 Å². The summed E-state index contributed by atoms with van der Waals surface area (Å²) < 4.78 is 16.5. The van der Waals surface area contributed by atoms with Crippen molar-refractivity contribution in [2.45, 2.75) is 70.2 Å². The Morgan fingerprint density at radius 3 is 2.45 bits per heavy atom. The Balaban J connectivity index is 1.85. The zero-order valence-electron chi connectivity index (χ0n) is 20.2. The first-order valence-corrected chi connectivity index (χ1v) is 12.0. The lowest BCUT2D eigenvalue weighted by molar-refractivity contribution is -0.122. The number of halogens is 1. The number of ether oxygens (including phenoxy) is 3. The van der Waals surface area contributed by atoms with Gasteiger partial charge in [0.1, 0.15) is 5.60 Å². The minimum atomic E-state index is -0.606. The molecule has 2 amide bonds. The molecular weight excluding hydrogens is 446 g/mol. The van der Waals surface area contributed by atoms with Crippen LogP contribution in [0.4, 0.5) is 4.79 Å². The monoisotopic (exact) mass is 481 g/mol. The number of carbonyl (C=O) groups excluding carboxylic acids is 2. The molecule has 184 valence electrons. The average Bonchev–Trinajstić information content (AvgIpc) is 2.75. The van der Waals surface area contributed by atoms with E-state index >= 15 is 0 Å². The van der Waals surface area contributed by atoms with Gasteiger partial charge in [-0.25, -0.2) is 4.79 Å². The minimum absolute atomic E-state index is 0.0566. The highest BCUT2D eigenvalue weighted by Crippen LogP contribution is 2.41. The fourth-order valence-electron chi connectivity index (χ4n) is 4.63. The Hall–Kier alpha value is -2.19. The zero-order chi connectivity index (χ0) is 24.2. The predicted octanol–water partition coefficient (Wildman–Crippen LogP) is 3.40. The van der Waals surface area contributed by atoms with Crippen LogP contribution in [0.5, 0.6) is 11.5 Å². The predicted molar refractivity (Wildman–Crippen MR) is 127 cm³/mol. The number of hydrogen-bond acceptors (Lipinski definition) is 6. The van der Waals surface area contributed by atoms with Crippen molar-refractivity contribution < 1.29 is 23.8 Å². The van der Waals surface area contributed by atoms with Crippen molar-refractivity contribution in [2.24, 2.45) is 0 Å². The summed E-state index contributed by atoms with van der Waals surface area (Å²) in [6.45, 7) is 6.98. The number of amides is 2. The Bertz CT molecular complexity index is 857. The van der Waals surface area contributed by atoms with E-state index in [9.17, 15) is 9.59 Å². The minimum Gasteiger partial charge on any atom is -0.493 e. The molecule has 0 saturated carbocycles. The van der Waals surface area contributed by atoms with Gasteiger partial charge in [-0.05, 0) is 63.3 Å². The summed E-state index contributed by atoms with van der Waals surface area (Å²) in [4.78, 5) is 27.5. The Morgan fingerprint density at radius 1 is 1.12 bits per heavy atom. The lowest BCUT2D eigenvalue weighted by Gasteiger charge is -2.47. The third kappa shape index (κ3) is 6.44. The molecule has 0 spiro atoms. The lowest BCUT2D eigenvalue weighted by atomic mass is 9.83. The summed E-state index contributed by atoms with van der Waals surface area (Å²) in [6, 6.07) is 3.67. The molecule has 3 atom stereocenters. The highest BCUT2D eigenvalue weighted by Gasteiger charge is 2.41.